The van der Waals surface area contributed by atoms with Gasteiger partial charge in [-0.15, -0.1) is 0 Å². The lowest BCUT2D eigenvalue weighted by Crippen LogP contribution is -2.57. The Balaban J connectivity index is 1.30. The van der Waals surface area contributed by atoms with Gasteiger partial charge in [0.1, 0.15) is 0 Å². The van der Waals surface area contributed by atoms with E-state index in [2.05, 4.69) is 37.1 Å². The van der Waals surface area contributed by atoms with E-state index in [4.69, 9.17) is 0 Å². The second kappa shape index (κ2) is 8.62. The zero-order valence-electron chi connectivity index (χ0n) is 22.3. The van der Waals surface area contributed by atoms with Crippen LogP contribution >= 0.6 is 0 Å². The fourth-order valence-corrected chi connectivity index (χ4v) is 13.8. The van der Waals surface area contributed by atoms with Crippen LogP contribution in [0.3, 0.4) is 0 Å². The maximum Gasteiger partial charge on any atom is 0.212 e. The molecule has 0 unspecified atom stereocenters. The maximum atomic E-state index is 13.5. The van der Waals surface area contributed by atoms with Gasteiger partial charge in [0, 0.05) is 22.9 Å². The summed E-state index contributed by atoms with van der Waals surface area (Å²) >= 11 is 0. The van der Waals surface area contributed by atoms with Crippen molar-refractivity contribution in [1.82, 2.24) is 9.44 Å². The van der Waals surface area contributed by atoms with Gasteiger partial charge in [-0.2, -0.15) is 0 Å². The van der Waals surface area contributed by atoms with E-state index in [0.717, 1.165) is 25.7 Å². The summed E-state index contributed by atoms with van der Waals surface area (Å²) in [6.45, 7) is 8.33. The average Bonchev–Trinajstić information content (AvgIpc) is 3.27. The molecule has 0 amide bonds. The van der Waals surface area contributed by atoms with Crippen molar-refractivity contribution in [2.75, 3.05) is 11.5 Å². The lowest BCUT2D eigenvalue weighted by molar-refractivity contribution is 0.0148. The lowest BCUT2D eigenvalue weighted by Gasteiger charge is -2.42. The van der Waals surface area contributed by atoms with E-state index >= 15 is 0 Å². The highest BCUT2D eigenvalue weighted by Crippen LogP contribution is 2.67. The average molecular weight is 547 g/mol. The second-order valence-corrected chi connectivity index (χ2v) is 17.5. The predicted octanol–water partition coefficient (Wildman–Crippen LogP) is 2.51. The van der Waals surface area contributed by atoms with Crippen LogP contribution in [0, 0.1) is 33.5 Å². The largest absolute Gasteiger partial charge is 0.392 e. The van der Waals surface area contributed by atoms with Crippen molar-refractivity contribution in [2.24, 2.45) is 33.5 Å². The molecule has 0 aromatic carbocycles. The molecule has 8 atom stereocenters. The number of hydrogen-bond acceptors (Lipinski definition) is 6. The Hall–Kier alpha value is -0.260. The third-order valence-electron chi connectivity index (χ3n) is 12.1. The number of nitrogens with one attached hydrogen (secondary N) is 2. The quantitative estimate of drug-likeness (QED) is 0.370. The number of rotatable bonds is 8. The molecule has 5 aliphatic rings. The van der Waals surface area contributed by atoms with Gasteiger partial charge < -0.3 is 10.2 Å². The summed E-state index contributed by atoms with van der Waals surface area (Å²) < 4.78 is 59.6. The van der Waals surface area contributed by atoms with Gasteiger partial charge in [0.25, 0.3) is 0 Å². The van der Waals surface area contributed by atoms with Gasteiger partial charge in [-0.3, -0.25) is 0 Å². The van der Waals surface area contributed by atoms with Gasteiger partial charge in [0.15, 0.2) is 0 Å². The van der Waals surface area contributed by atoms with Crippen LogP contribution in [0.25, 0.3) is 0 Å². The highest BCUT2D eigenvalue weighted by molar-refractivity contribution is 7.89. The van der Waals surface area contributed by atoms with Crippen LogP contribution in [0.15, 0.2) is 0 Å². The van der Waals surface area contributed by atoms with Gasteiger partial charge >= 0.3 is 0 Å². The minimum Gasteiger partial charge on any atom is -0.392 e. The summed E-state index contributed by atoms with van der Waals surface area (Å²) in [6.07, 6.45) is 6.17. The smallest absolute Gasteiger partial charge is 0.212 e. The lowest BCUT2D eigenvalue weighted by atomic mass is 9.70. The van der Waals surface area contributed by atoms with E-state index in [-0.39, 0.29) is 22.3 Å². The maximum absolute atomic E-state index is 13.5. The third-order valence-corrected chi connectivity index (χ3v) is 15.2. The van der Waals surface area contributed by atoms with Crippen LogP contribution in [0.4, 0.5) is 0 Å². The molecule has 0 saturated heterocycles. The Labute approximate surface area is 217 Å². The first-order valence-corrected chi connectivity index (χ1v) is 17.2. The molecule has 0 radical (unpaired) electrons. The zero-order valence-corrected chi connectivity index (χ0v) is 23.9. The van der Waals surface area contributed by atoms with Crippen molar-refractivity contribution in [3.8, 4) is 0 Å². The van der Waals surface area contributed by atoms with Crippen molar-refractivity contribution < 1.29 is 27.0 Å². The summed E-state index contributed by atoms with van der Waals surface area (Å²) in [5, 5.41) is 21.7. The first-order chi connectivity index (χ1) is 16.6. The Morgan fingerprint density at radius 3 is 1.31 bits per heavy atom. The zero-order chi connectivity index (χ0) is 26.4. The van der Waals surface area contributed by atoms with Crippen LogP contribution in [-0.4, -0.2) is 62.8 Å². The summed E-state index contributed by atoms with van der Waals surface area (Å²) in [4.78, 5) is 0. The molecule has 4 bridgehead atoms. The van der Waals surface area contributed by atoms with E-state index < -0.39 is 55.2 Å². The number of aliphatic hydroxyl groups excluding tert-OH is 2. The van der Waals surface area contributed by atoms with Crippen LogP contribution in [-0.2, 0) is 20.0 Å². The third kappa shape index (κ3) is 4.03. The fraction of sp³-hybridized carbons (Fsp3) is 1.00. The van der Waals surface area contributed by atoms with Crippen molar-refractivity contribution in [3.05, 3.63) is 0 Å². The van der Waals surface area contributed by atoms with Gasteiger partial charge in [-0.1, -0.05) is 40.5 Å². The topological polar surface area (TPSA) is 133 Å². The molecule has 5 fully saturated rings. The molecule has 5 aliphatic carbocycles. The predicted molar refractivity (Wildman–Crippen MR) is 139 cm³/mol. The number of sulfonamides is 2. The molecular weight excluding hydrogens is 500 g/mol. The Morgan fingerprint density at radius 1 is 0.667 bits per heavy atom. The molecule has 0 aliphatic heterocycles. The SMILES string of the molecule is CC1(C)[C@H]2CC[C@]1(CS(=O)(=O)N[C@@H]1CCCC[C@H]1NS(=O)(=O)C[C@]13CC[C@@H](C[C@@H]1O)C3(C)C)[C@@H](O)C2. The molecule has 4 N–H and O–H groups in total. The van der Waals surface area contributed by atoms with Crippen molar-refractivity contribution in [1.29, 1.82) is 0 Å². The van der Waals surface area contributed by atoms with Crippen molar-refractivity contribution in [3.63, 3.8) is 0 Å². The van der Waals surface area contributed by atoms with Gasteiger partial charge in [-0.05, 0) is 74.0 Å². The molecule has 0 spiro atoms. The molecule has 8 nitrogen and oxygen atoms in total. The van der Waals surface area contributed by atoms with Crippen LogP contribution in [0.5, 0.6) is 0 Å². The summed E-state index contributed by atoms with van der Waals surface area (Å²) in [7, 11) is -7.49. The number of hydrogen-bond donors (Lipinski definition) is 4. The summed E-state index contributed by atoms with van der Waals surface area (Å²) in [5.74, 6) is 0.431. The van der Waals surface area contributed by atoms with E-state index in [9.17, 15) is 27.0 Å². The monoisotopic (exact) mass is 546 g/mol. The van der Waals surface area contributed by atoms with E-state index in [0.29, 0.717) is 50.4 Å². The normalized spacial score (nSPS) is 45.4. The molecule has 36 heavy (non-hydrogen) atoms. The van der Waals surface area contributed by atoms with Crippen molar-refractivity contribution in [2.45, 2.75) is 116 Å². The Bertz CT molecular complexity index is 1000. The van der Waals surface area contributed by atoms with Gasteiger partial charge in [-0.25, -0.2) is 26.3 Å². The first kappa shape index (κ1) is 27.3. The van der Waals surface area contributed by atoms with E-state index in [1.165, 1.54) is 0 Å². The van der Waals surface area contributed by atoms with Crippen molar-refractivity contribution >= 4 is 20.0 Å². The molecule has 10 heteroatoms. The minimum atomic E-state index is -3.75. The molecular formula is C26H46N2O6S2. The van der Waals surface area contributed by atoms with Gasteiger partial charge in [0.05, 0.1) is 23.7 Å². The standard InChI is InChI=1S/C26H46N2O6S2/c1-23(2)17-9-11-25(23,21(29)13-17)15-35(31,32)27-19-7-5-6-8-20(19)28-36(33,34)16-26-12-10-18(14-22(26)30)24(26,3)4/h17-22,27-30H,5-16H2,1-4H3/t17-,18-,19+,20+,21-,22-,25-,26+/m0/s1. The Kier molecular flexibility index (Phi) is 6.54. The van der Waals surface area contributed by atoms with Crippen LogP contribution in [0.2, 0.25) is 0 Å². The first-order valence-electron chi connectivity index (χ1n) is 13.9. The van der Waals surface area contributed by atoms with E-state index in [1.54, 1.807) is 0 Å². The number of aliphatic hydroxyl groups is 2. The Morgan fingerprint density at radius 2 is 1.03 bits per heavy atom. The van der Waals surface area contributed by atoms with Crippen LogP contribution < -0.4 is 9.44 Å². The highest BCUT2D eigenvalue weighted by atomic mass is 32.2. The molecule has 0 aromatic rings. The van der Waals surface area contributed by atoms with Crippen LogP contribution in [0.1, 0.15) is 91.9 Å². The fourth-order valence-electron chi connectivity index (χ4n) is 9.39. The highest BCUT2D eigenvalue weighted by Gasteiger charge is 2.66. The number of fused-ring (bicyclic) bond motifs is 4. The molecule has 208 valence electrons. The van der Waals surface area contributed by atoms with E-state index in [1.807, 2.05) is 0 Å². The molecule has 0 heterocycles. The van der Waals surface area contributed by atoms with Gasteiger partial charge in [0.2, 0.25) is 20.0 Å². The minimum absolute atomic E-state index is 0.120. The molecule has 5 saturated carbocycles. The molecule has 5 rings (SSSR count). The second-order valence-electron chi connectivity index (χ2n) is 14.0. The summed E-state index contributed by atoms with van der Waals surface area (Å²) in [6, 6.07) is -1.02. The summed E-state index contributed by atoms with van der Waals surface area (Å²) in [5.41, 5.74) is -1.81. The molecule has 0 aromatic heterocycles.